The number of aromatic nitrogens is 3. The van der Waals surface area contributed by atoms with Gasteiger partial charge in [0.15, 0.2) is 4.47 Å². The quantitative estimate of drug-likeness (QED) is 0.726. The van der Waals surface area contributed by atoms with Crippen molar-refractivity contribution in [3.8, 4) is 5.69 Å². The summed E-state index contributed by atoms with van der Waals surface area (Å²) >= 11 is 7.42. The van der Waals surface area contributed by atoms with E-state index >= 15 is 0 Å². The molecule has 3 nitrogen and oxygen atoms in total. The summed E-state index contributed by atoms with van der Waals surface area (Å²) in [5, 5.41) is 4.25. The first-order valence-electron chi connectivity index (χ1n) is 5.95. The SMILES string of the molecule is CC(c1cccc(-n2cccn2)c1)c1cnc(Cl)s1. The molecule has 2 heterocycles. The van der Waals surface area contributed by atoms with Crippen molar-refractivity contribution < 1.29 is 0 Å². The lowest BCUT2D eigenvalue weighted by Gasteiger charge is -2.11. The van der Waals surface area contributed by atoms with E-state index in [-0.39, 0.29) is 5.92 Å². The molecule has 3 rings (SSSR count). The fraction of sp³-hybridized carbons (Fsp3) is 0.143. The molecular weight excluding hydrogens is 278 g/mol. The number of thiazole rings is 1. The normalized spacial score (nSPS) is 12.5. The minimum atomic E-state index is 0.278. The number of hydrogen-bond acceptors (Lipinski definition) is 3. The number of hydrogen-bond donors (Lipinski definition) is 0. The van der Waals surface area contributed by atoms with Crippen molar-refractivity contribution in [1.82, 2.24) is 14.8 Å². The fourth-order valence-electron chi connectivity index (χ4n) is 1.99. The Balaban J connectivity index is 1.95. The second-order valence-electron chi connectivity index (χ2n) is 4.28. The van der Waals surface area contributed by atoms with Crippen molar-refractivity contribution >= 4 is 22.9 Å². The molecule has 3 aromatic rings. The third-order valence-electron chi connectivity index (χ3n) is 3.06. The van der Waals surface area contributed by atoms with E-state index in [0.29, 0.717) is 4.47 Å². The van der Waals surface area contributed by atoms with Gasteiger partial charge in [0.05, 0.1) is 5.69 Å². The molecule has 2 aromatic heterocycles. The molecule has 0 spiro atoms. The van der Waals surface area contributed by atoms with Crippen molar-refractivity contribution in [2.24, 2.45) is 0 Å². The van der Waals surface area contributed by atoms with Gasteiger partial charge in [-0.25, -0.2) is 9.67 Å². The van der Waals surface area contributed by atoms with E-state index in [4.69, 9.17) is 11.6 Å². The molecular formula is C14H12ClN3S. The van der Waals surface area contributed by atoms with Crippen LogP contribution in [0.4, 0.5) is 0 Å². The second kappa shape index (κ2) is 5.15. The molecule has 19 heavy (non-hydrogen) atoms. The number of benzene rings is 1. The first-order valence-corrected chi connectivity index (χ1v) is 7.14. The zero-order chi connectivity index (χ0) is 13.2. The van der Waals surface area contributed by atoms with Gasteiger partial charge in [-0.05, 0) is 23.8 Å². The van der Waals surface area contributed by atoms with Gasteiger partial charge in [-0.3, -0.25) is 0 Å². The number of halogens is 1. The van der Waals surface area contributed by atoms with Crippen LogP contribution in [0.1, 0.15) is 23.3 Å². The Bertz CT molecular complexity index is 676. The van der Waals surface area contributed by atoms with Gasteiger partial charge in [-0.15, -0.1) is 11.3 Å². The summed E-state index contributed by atoms with van der Waals surface area (Å²) in [5.41, 5.74) is 2.29. The van der Waals surface area contributed by atoms with Crippen LogP contribution in [0.15, 0.2) is 48.9 Å². The van der Waals surface area contributed by atoms with Crippen molar-refractivity contribution in [3.05, 3.63) is 63.8 Å². The molecule has 5 heteroatoms. The lowest BCUT2D eigenvalue weighted by molar-refractivity contribution is 0.869. The van der Waals surface area contributed by atoms with E-state index in [2.05, 4.69) is 29.1 Å². The van der Waals surface area contributed by atoms with Gasteiger partial charge in [0, 0.05) is 29.4 Å². The van der Waals surface area contributed by atoms with E-state index in [9.17, 15) is 0 Å². The van der Waals surface area contributed by atoms with Gasteiger partial charge in [0.2, 0.25) is 0 Å². The lowest BCUT2D eigenvalue weighted by atomic mass is 10.00. The molecule has 1 unspecified atom stereocenters. The van der Waals surface area contributed by atoms with E-state index in [0.717, 1.165) is 5.69 Å². The van der Waals surface area contributed by atoms with Crippen LogP contribution < -0.4 is 0 Å². The lowest BCUT2D eigenvalue weighted by Crippen LogP contribution is -1.98. The average Bonchev–Trinajstić information content (AvgIpc) is 3.09. The zero-order valence-corrected chi connectivity index (χ0v) is 11.9. The summed E-state index contributed by atoms with van der Waals surface area (Å²) in [5.74, 6) is 0.278. The van der Waals surface area contributed by atoms with Gasteiger partial charge in [-0.1, -0.05) is 30.7 Å². The van der Waals surface area contributed by atoms with Crippen LogP contribution in [-0.4, -0.2) is 14.8 Å². The first-order chi connectivity index (χ1) is 9.24. The molecule has 0 fully saturated rings. The Labute approximate surface area is 120 Å². The van der Waals surface area contributed by atoms with Gasteiger partial charge < -0.3 is 0 Å². The Morgan fingerprint density at radius 2 is 2.21 bits per heavy atom. The Kier molecular flexibility index (Phi) is 3.36. The summed E-state index contributed by atoms with van der Waals surface area (Å²) in [6.07, 6.45) is 5.56. The molecule has 0 saturated carbocycles. The third-order valence-corrected chi connectivity index (χ3v) is 4.36. The molecule has 0 radical (unpaired) electrons. The van der Waals surface area contributed by atoms with Gasteiger partial charge in [0.25, 0.3) is 0 Å². The van der Waals surface area contributed by atoms with Crippen molar-refractivity contribution in [1.29, 1.82) is 0 Å². The highest BCUT2D eigenvalue weighted by atomic mass is 35.5. The molecule has 0 N–H and O–H groups in total. The average molecular weight is 290 g/mol. The van der Waals surface area contributed by atoms with Crippen molar-refractivity contribution in [2.75, 3.05) is 0 Å². The molecule has 0 amide bonds. The van der Waals surface area contributed by atoms with Crippen molar-refractivity contribution in [3.63, 3.8) is 0 Å². The number of rotatable bonds is 3. The molecule has 96 valence electrons. The smallest absolute Gasteiger partial charge is 0.183 e. The van der Waals surface area contributed by atoms with Crippen LogP contribution in [0.25, 0.3) is 5.69 Å². The fourth-order valence-corrected chi connectivity index (χ4v) is 3.02. The monoisotopic (exact) mass is 289 g/mol. The van der Waals surface area contributed by atoms with Crippen LogP contribution in [0, 0.1) is 0 Å². The largest absolute Gasteiger partial charge is 0.241 e. The third kappa shape index (κ3) is 2.55. The first kappa shape index (κ1) is 12.4. The van der Waals surface area contributed by atoms with Gasteiger partial charge in [0.1, 0.15) is 0 Å². The highest BCUT2D eigenvalue weighted by molar-refractivity contribution is 7.15. The highest BCUT2D eigenvalue weighted by Crippen LogP contribution is 2.31. The summed E-state index contributed by atoms with van der Waals surface area (Å²) in [6, 6.07) is 10.3. The van der Waals surface area contributed by atoms with Crippen LogP contribution >= 0.6 is 22.9 Å². The Morgan fingerprint density at radius 3 is 2.89 bits per heavy atom. The van der Waals surface area contributed by atoms with Crippen LogP contribution in [0.2, 0.25) is 4.47 Å². The van der Waals surface area contributed by atoms with Crippen LogP contribution in [-0.2, 0) is 0 Å². The van der Waals surface area contributed by atoms with E-state index in [1.165, 1.54) is 21.8 Å². The molecule has 0 saturated heterocycles. The Hall–Kier alpha value is -1.65. The predicted molar refractivity (Wildman–Crippen MR) is 78.2 cm³/mol. The standard InChI is InChI=1S/C14H12ClN3S/c1-10(13-9-16-14(15)19-13)11-4-2-5-12(8-11)18-7-3-6-17-18/h2-10H,1H3. The highest BCUT2D eigenvalue weighted by Gasteiger charge is 2.12. The van der Waals surface area contributed by atoms with Gasteiger partial charge in [-0.2, -0.15) is 5.10 Å². The summed E-state index contributed by atoms with van der Waals surface area (Å²) in [7, 11) is 0. The van der Waals surface area contributed by atoms with Gasteiger partial charge >= 0.3 is 0 Å². The maximum absolute atomic E-state index is 5.90. The van der Waals surface area contributed by atoms with Crippen molar-refractivity contribution in [2.45, 2.75) is 12.8 Å². The molecule has 0 aliphatic carbocycles. The molecule has 0 aliphatic rings. The minimum Gasteiger partial charge on any atom is -0.241 e. The molecule has 1 aromatic carbocycles. The summed E-state index contributed by atoms with van der Waals surface area (Å²) in [6.45, 7) is 2.16. The van der Waals surface area contributed by atoms with E-state index in [1.54, 1.807) is 6.20 Å². The zero-order valence-electron chi connectivity index (χ0n) is 10.3. The van der Waals surface area contributed by atoms with E-state index in [1.807, 2.05) is 35.3 Å². The van der Waals surface area contributed by atoms with Crippen LogP contribution in [0.3, 0.4) is 0 Å². The minimum absolute atomic E-state index is 0.278. The maximum Gasteiger partial charge on any atom is 0.183 e. The van der Waals surface area contributed by atoms with Crippen LogP contribution in [0.5, 0.6) is 0 Å². The topological polar surface area (TPSA) is 30.7 Å². The molecule has 1 atom stereocenters. The summed E-state index contributed by atoms with van der Waals surface area (Å²) in [4.78, 5) is 5.27. The number of nitrogens with zero attached hydrogens (tertiary/aromatic N) is 3. The second-order valence-corrected chi connectivity index (χ2v) is 5.93. The summed E-state index contributed by atoms with van der Waals surface area (Å²) < 4.78 is 2.45. The van der Waals surface area contributed by atoms with E-state index < -0.39 is 0 Å². The predicted octanol–water partition coefficient (Wildman–Crippen LogP) is 4.13. The maximum atomic E-state index is 5.90. The molecule has 0 bridgehead atoms. The Morgan fingerprint density at radius 1 is 1.32 bits per heavy atom. The molecule has 0 aliphatic heterocycles.